The van der Waals surface area contributed by atoms with Gasteiger partial charge in [-0.25, -0.2) is 4.98 Å². The van der Waals surface area contributed by atoms with Crippen LogP contribution in [0.2, 0.25) is 0 Å². The van der Waals surface area contributed by atoms with Crippen molar-refractivity contribution in [2.24, 2.45) is 0 Å². The zero-order chi connectivity index (χ0) is 13.8. The van der Waals surface area contributed by atoms with E-state index in [9.17, 15) is 0 Å². The smallest absolute Gasteiger partial charge is 0.213 e. The van der Waals surface area contributed by atoms with Gasteiger partial charge in [-0.2, -0.15) is 0 Å². The molecule has 0 saturated heterocycles. The average Bonchev–Trinajstić information content (AvgIpc) is 2.26. The molecular weight excluding hydrogens is 224 g/mol. The van der Waals surface area contributed by atoms with E-state index in [0.29, 0.717) is 11.8 Å². The SMILES string of the molecule is CC(C)c1ccnc(O[C@H](C)CNC(C)(C)C)c1. The van der Waals surface area contributed by atoms with Gasteiger partial charge in [0.1, 0.15) is 6.10 Å². The number of nitrogens with one attached hydrogen (secondary N) is 1. The fourth-order valence-electron chi connectivity index (χ4n) is 1.55. The molecule has 0 aliphatic carbocycles. The number of pyridine rings is 1. The minimum atomic E-state index is 0.110. The van der Waals surface area contributed by atoms with E-state index in [-0.39, 0.29) is 11.6 Å². The summed E-state index contributed by atoms with van der Waals surface area (Å²) in [5, 5.41) is 3.43. The van der Waals surface area contributed by atoms with Crippen LogP contribution in [0.25, 0.3) is 0 Å². The van der Waals surface area contributed by atoms with E-state index in [0.717, 1.165) is 6.54 Å². The molecule has 1 rings (SSSR count). The van der Waals surface area contributed by atoms with Crippen molar-refractivity contribution >= 4 is 0 Å². The van der Waals surface area contributed by atoms with E-state index in [4.69, 9.17) is 4.74 Å². The summed E-state index contributed by atoms with van der Waals surface area (Å²) in [5.41, 5.74) is 1.38. The van der Waals surface area contributed by atoms with Crippen molar-refractivity contribution in [3.05, 3.63) is 23.9 Å². The molecule has 18 heavy (non-hydrogen) atoms. The van der Waals surface area contributed by atoms with E-state index in [2.05, 4.69) is 51.8 Å². The minimum Gasteiger partial charge on any atom is -0.473 e. The standard InChI is InChI=1S/C15H26N2O/c1-11(2)13-7-8-16-14(9-13)18-12(3)10-17-15(4,5)6/h7-9,11-12,17H,10H2,1-6H3/t12-/m1/s1. The van der Waals surface area contributed by atoms with Crippen LogP contribution >= 0.6 is 0 Å². The largest absolute Gasteiger partial charge is 0.473 e. The van der Waals surface area contributed by atoms with Gasteiger partial charge >= 0.3 is 0 Å². The van der Waals surface area contributed by atoms with E-state index < -0.39 is 0 Å². The zero-order valence-corrected chi connectivity index (χ0v) is 12.4. The molecule has 0 bridgehead atoms. The third-order valence-electron chi connectivity index (χ3n) is 2.67. The molecule has 0 aliphatic heterocycles. The molecule has 1 heterocycles. The molecule has 3 nitrogen and oxygen atoms in total. The molecule has 1 aromatic heterocycles. The Kier molecular flexibility index (Phi) is 5.15. The van der Waals surface area contributed by atoms with Crippen molar-refractivity contribution in [3.63, 3.8) is 0 Å². The van der Waals surface area contributed by atoms with Crippen LogP contribution in [0.4, 0.5) is 0 Å². The lowest BCUT2D eigenvalue weighted by Gasteiger charge is -2.23. The third-order valence-corrected chi connectivity index (χ3v) is 2.67. The number of ether oxygens (including phenoxy) is 1. The summed E-state index contributed by atoms with van der Waals surface area (Å²) in [5.74, 6) is 1.21. The Morgan fingerprint density at radius 1 is 1.28 bits per heavy atom. The van der Waals surface area contributed by atoms with Gasteiger partial charge < -0.3 is 10.1 Å². The van der Waals surface area contributed by atoms with Crippen LogP contribution in [0.5, 0.6) is 5.88 Å². The topological polar surface area (TPSA) is 34.1 Å². The van der Waals surface area contributed by atoms with Crippen LogP contribution in [0, 0.1) is 0 Å². The Bertz CT molecular complexity index is 369. The molecule has 3 heteroatoms. The quantitative estimate of drug-likeness (QED) is 0.870. The molecule has 102 valence electrons. The number of aromatic nitrogens is 1. The first-order chi connectivity index (χ1) is 8.28. The highest BCUT2D eigenvalue weighted by atomic mass is 16.5. The monoisotopic (exact) mass is 250 g/mol. The molecule has 1 atom stereocenters. The minimum absolute atomic E-state index is 0.110. The molecule has 1 aromatic rings. The van der Waals surface area contributed by atoms with Gasteiger partial charge in [-0.15, -0.1) is 0 Å². The Balaban J connectivity index is 2.54. The number of hydrogen-bond donors (Lipinski definition) is 1. The summed E-state index contributed by atoms with van der Waals surface area (Å²) in [6, 6.07) is 4.06. The van der Waals surface area contributed by atoms with Crippen LogP contribution in [0.3, 0.4) is 0 Å². The van der Waals surface area contributed by atoms with Gasteiger partial charge in [0.15, 0.2) is 0 Å². The lowest BCUT2D eigenvalue weighted by atomic mass is 10.1. The molecule has 0 radical (unpaired) electrons. The second kappa shape index (κ2) is 6.19. The molecule has 0 amide bonds. The van der Waals surface area contributed by atoms with E-state index in [1.54, 1.807) is 0 Å². The maximum Gasteiger partial charge on any atom is 0.213 e. The highest BCUT2D eigenvalue weighted by Crippen LogP contribution is 2.18. The second-order valence-corrected chi connectivity index (χ2v) is 6.14. The van der Waals surface area contributed by atoms with Crippen LogP contribution in [-0.2, 0) is 0 Å². The van der Waals surface area contributed by atoms with Gasteiger partial charge in [-0.05, 0) is 45.2 Å². The van der Waals surface area contributed by atoms with E-state index >= 15 is 0 Å². The first-order valence-electron chi connectivity index (χ1n) is 6.65. The van der Waals surface area contributed by atoms with Crippen molar-refractivity contribution in [2.75, 3.05) is 6.54 Å². The predicted molar refractivity (Wildman–Crippen MR) is 76.2 cm³/mol. The third kappa shape index (κ3) is 5.50. The fraction of sp³-hybridized carbons (Fsp3) is 0.667. The van der Waals surface area contributed by atoms with Crippen molar-refractivity contribution in [3.8, 4) is 5.88 Å². The van der Waals surface area contributed by atoms with E-state index in [1.807, 2.05) is 18.3 Å². The van der Waals surface area contributed by atoms with Gasteiger partial charge in [0.25, 0.3) is 0 Å². The van der Waals surface area contributed by atoms with Crippen LogP contribution in [-0.4, -0.2) is 23.2 Å². The van der Waals surface area contributed by atoms with Crippen molar-refractivity contribution in [1.29, 1.82) is 0 Å². The normalized spacial score (nSPS) is 13.7. The predicted octanol–water partition coefficient (Wildman–Crippen LogP) is 3.36. The molecule has 1 N–H and O–H groups in total. The Labute approximate surface area is 111 Å². The summed E-state index contributed by atoms with van der Waals surface area (Å²) in [7, 11) is 0. The number of hydrogen-bond acceptors (Lipinski definition) is 3. The summed E-state index contributed by atoms with van der Waals surface area (Å²) in [6.07, 6.45) is 1.92. The molecule has 0 aliphatic rings. The van der Waals surface area contributed by atoms with Crippen molar-refractivity contribution in [2.45, 2.75) is 59.1 Å². The molecular formula is C15H26N2O. The van der Waals surface area contributed by atoms with Crippen molar-refractivity contribution in [1.82, 2.24) is 10.3 Å². The van der Waals surface area contributed by atoms with Crippen LogP contribution < -0.4 is 10.1 Å². The van der Waals surface area contributed by atoms with Gasteiger partial charge in [0, 0.05) is 24.3 Å². The number of rotatable bonds is 5. The summed E-state index contributed by atoms with van der Waals surface area (Å²) >= 11 is 0. The van der Waals surface area contributed by atoms with Crippen LogP contribution in [0.15, 0.2) is 18.3 Å². The van der Waals surface area contributed by atoms with E-state index in [1.165, 1.54) is 5.56 Å². The average molecular weight is 250 g/mol. The van der Waals surface area contributed by atoms with Crippen LogP contribution in [0.1, 0.15) is 53.0 Å². The highest BCUT2D eigenvalue weighted by Gasteiger charge is 2.12. The molecule has 0 spiro atoms. The van der Waals surface area contributed by atoms with Gasteiger partial charge in [-0.1, -0.05) is 13.8 Å². The maximum atomic E-state index is 5.83. The maximum absolute atomic E-state index is 5.83. The summed E-state index contributed by atoms with van der Waals surface area (Å²) in [6.45, 7) is 13.7. The molecule has 0 fully saturated rings. The first-order valence-corrected chi connectivity index (χ1v) is 6.65. The van der Waals surface area contributed by atoms with Gasteiger partial charge in [-0.3, -0.25) is 0 Å². The summed E-state index contributed by atoms with van der Waals surface area (Å²) in [4.78, 5) is 4.26. The molecule has 0 saturated carbocycles. The fourth-order valence-corrected chi connectivity index (χ4v) is 1.55. The summed E-state index contributed by atoms with van der Waals surface area (Å²) < 4.78 is 5.83. The Morgan fingerprint density at radius 3 is 2.50 bits per heavy atom. The second-order valence-electron chi connectivity index (χ2n) is 6.14. The van der Waals surface area contributed by atoms with Crippen molar-refractivity contribution < 1.29 is 4.74 Å². The Hall–Kier alpha value is -1.09. The lowest BCUT2D eigenvalue weighted by Crippen LogP contribution is -2.41. The first kappa shape index (κ1) is 15.0. The lowest BCUT2D eigenvalue weighted by molar-refractivity contribution is 0.195. The zero-order valence-electron chi connectivity index (χ0n) is 12.4. The van der Waals surface area contributed by atoms with Gasteiger partial charge in [0.2, 0.25) is 5.88 Å². The Morgan fingerprint density at radius 2 is 1.94 bits per heavy atom. The number of nitrogens with zero attached hydrogens (tertiary/aromatic N) is 1. The highest BCUT2D eigenvalue weighted by molar-refractivity contribution is 5.23. The molecule has 0 unspecified atom stereocenters. The molecule has 0 aromatic carbocycles. The van der Waals surface area contributed by atoms with Gasteiger partial charge in [0.05, 0.1) is 0 Å².